The van der Waals surface area contributed by atoms with Crippen LogP contribution in [0.4, 0.5) is 0 Å². The first-order valence-corrected chi connectivity index (χ1v) is 10.2. The van der Waals surface area contributed by atoms with Crippen LogP contribution in [-0.4, -0.2) is 61.1 Å². The first-order valence-electron chi connectivity index (χ1n) is 10.2. The van der Waals surface area contributed by atoms with E-state index in [0.29, 0.717) is 12.0 Å². The van der Waals surface area contributed by atoms with Crippen LogP contribution in [0.2, 0.25) is 0 Å². The Morgan fingerprint density at radius 3 is 2.72 bits per heavy atom. The van der Waals surface area contributed by atoms with Crippen LogP contribution in [0, 0.1) is 5.92 Å². The molecule has 1 aliphatic carbocycles. The van der Waals surface area contributed by atoms with Gasteiger partial charge in [0.05, 0.1) is 0 Å². The van der Waals surface area contributed by atoms with Gasteiger partial charge in [0.15, 0.2) is 5.96 Å². The first-order chi connectivity index (χ1) is 12.3. The predicted molar refractivity (Wildman–Crippen MR) is 104 cm³/mol. The summed E-state index contributed by atoms with van der Waals surface area (Å²) in [5.74, 6) is 2.62. The fraction of sp³-hybridized carbons (Fsp3) is 0.667. The smallest absolute Gasteiger partial charge is 0.194 e. The van der Waals surface area contributed by atoms with E-state index in [1.165, 1.54) is 57.4 Å². The van der Waals surface area contributed by atoms with Crippen molar-refractivity contribution in [1.82, 2.24) is 15.1 Å². The van der Waals surface area contributed by atoms with E-state index < -0.39 is 0 Å². The number of rotatable bonds is 5. The van der Waals surface area contributed by atoms with Gasteiger partial charge in [0, 0.05) is 38.1 Å². The second kappa shape index (κ2) is 7.77. The molecule has 136 valence electrons. The van der Waals surface area contributed by atoms with Gasteiger partial charge in [-0.2, -0.15) is 0 Å². The van der Waals surface area contributed by atoms with Crippen molar-refractivity contribution in [3.05, 3.63) is 35.9 Å². The van der Waals surface area contributed by atoms with Gasteiger partial charge in [-0.1, -0.05) is 30.3 Å². The molecule has 1 N–H and O–H groups in total. The highest BCUT2D eigenvalue weighted by Crippen LogP contribution is 2.40. The Hall–Kier alpha value is -1.55. The Morgan fingerprint density at radius 2 is 1.96 bits per heavy atom. The Labute approximate surface area is 152 Å². The highest BCUT2D eigenvalue weighted by atomic mass is 15.3. The topological polar surface area (TPSA) is 30.9 Å². The molecule has 0 aromatic heterocycles. The van der Waals surface area contributed by atoms with E-state index in [-0.39, 0.29) is 0 Å². The van der Waals surface area contributed by atoms with Gasteiger partial charge in [-0.3, -0.25) is 4.99 Å². The molecular weight excluding hydrogens is 308 g/mol. The lowest BCUT2D eigenvalue weighted by Crippen LogP contribution is -2.42. The van der Waals surface area contributed by atoms with Crippen LogP contribution in [0.3, 0.4) is 0 Å². The maximum Gasteiger partial charge on any atom is 0.194 e. The normalized spacial score (nSPS) is 30.0. The van der Waals surface area contributed by atoms with Crippen LogP contribution >= 0.6 is 0 Å². The molecular formula is C21H32N4. The third kappa shape index (κ3) is 4.17. The SMILES string of the molecule is CCN=C(NC1CC1c1ccccc1)N1CCC(CN2CCCC2)C1. The second-order valence-corrected chi connectivity index (χ2v) is 7.91. The zero-order chi connectivity index (χ0) is 17.1. The van der Waals surface area contributed by atoms with E-state index in [4.69, 9.17) is 4.99 Å². The van der Waals surface area contributed by atoms with E-state index in [0.717, 1.165) is 25.0 Å². The molecule has 0 bridgehead atoms. The number of nitrogens with one attached hydrogen (secondary N) is 1. The Morgan fingerprint density at radius 1 is 1.16 bits per heavy atom. The van der Waals surface area contributed by atoms with Crippen molar-refractivity contribution < 1.29 is 0 Å². The van der Waals surface area contributed by atoms with Crippen LogP contribution in [-0.2, 0) is 0 Å². The second-order valence-electron chi connectivity index (χ2n) is 7.91. The van der Waals surface area contributed by atoms with Gasteiger partial charge in [0.1, 0.15) is 0 Å². The lowest BCUT2D eigenvalue weighted by atomic mass is 10.1. The fourth-order valence-electron chi connectivity index (χ4n) is 4.48. The van der Waals surface area contributed by atoms with E-state index >= 15 is 0 Å². The molecule has 3 atom stereocenters. The van der Waals surface area contributed by atoms with Crippen molar-refractivity contribution in [3.63, 3.8) is 0 Å². The summed E-state index contributed by atoms with van der Waals surface area (Å²) in [4.78, 5) is 9.96. The predicted octanol–water partition coefficient (Wildman–Crippen LogP) is 2.93. The maximum atomic E-state index is 4.80. The summed E-state index contributed by atoms with van der Waals surface area (Å²) < 4.78 is 0. The van der Waals surface area contributed by atoms with Crippen molar-refractivity contribution >= 4 is 5.96 Å². The minimum atomic E-state index is 0.560. The molecule has 1 aromatic rings. The quantitative estimate of drug-likeness (QED) is 0.660. The molecule has 0 amide bonds. The third-order valence-corrected chi connectivity index (χ3v) is 5.94. The van der Waals surface area contributed by atoms with Crippen LogP contribution in [0.5, 0.6) is 0 Å². The first kappa shape index (κ1) is 16.9. The van der Waals surface area contributed by atoms with Crippen molar-refractivity contribution in [2.75, 3.05) is 39.3 Å². The van der Waals surface area contributed by atoms with Gasteiger partial charge in [0.2, 0.25) is 0 Å². The minimum absolute atomic E-state index is 0.560. The maximum absolute atomic E-state index is 4.80. The Bertz CT molecular complexity index is 579. The molecule has 0 radical (unpaired) electrons. The number of hydrogen-bond acceptors (Lipinski definition) is 2. The van der Waals surface area contributed by atoms with E-state index in [9.17, 15) is 0 Å². The summed E-state index contributed by atoms with van der Waals surface area (Å²) in [5.41, 5.74) is 1.46. The van der Waals surface area contributed by atoms with Crippen LogP contribution in [0.25, 0.3) is 0 Å². The molecule has 2 saturated heterocycles. The van der Waals surface area contributed by atoms with Crippen molar-refractivity contribution in [2.24, 2.45) is 10.9 Å². The molecule has 1 aromatic carbocycles. The van der Waals surface area contributed by atoms with Crippen LogP contribution in [0.1, 0.15) is 44.1 Å². The lowest BCUT2D eigenvalue weighted by molar-refractivity contribution is 0.281. The van der Waals surface area contributed by atoms with Crippen LogP contribution < -0.4 is 5.32 Å². The Balaban J connectivity index is 1.31. The number of benzene rings is 1. The molecule has 3 aliphatic rings. The molecule has 0 spiro atoms. The molecule has 4 nitrogen and oxygen atoms in total. The largest absolute Gasteiger partial charge is 0.353 e. The number of guanidine groups is 1. The monoisotopic (exact) mass is 340 g/mol. The van der Waals surface area contributed by atoms with Crippen LogP contribution in [0.15, 0.2) is 35.3 Å². The highest BCUT2D eigenvalue weighted by molar-refractivity contribution is 5.81. The fourth-order valence-corrected chi connectivity index (χ4v) is 4.48. The number of aliphatic imine (C=N–C) groups is 1. The molecule has 1 saturated carbocycles. The summed E-state index contributed by atoms with van der Waals surface area (Å²) in [5, 5.41) is 3.76. The third-order valence-electron chi connectivity index (χ3n) is 5.94. The van der Waals surface area contributed by atoms with Gasteiger partial charge < -0.3 is 15.1 Å². The average molecular weight is 341 g/mol. The number of hydrogen-bond donors (Lipinski definition) is 1. The zero-order valence-electron chi connectivity index (χ0n) is 15.5. The number of likely N-dealkylation sites (tertiary alicyclic amines) is 2. The van der Waals surface area contributed by atoms with Crippen molar-refractivity contribution in [1.29, 1.82) is 0 Å². The molecule has 2 heterocycles. The summed E-state index contributed by atoms with van der Waals surface area (Å²) in [6.45, 7) is 9.24. The zero-order valence-corrected chi connectivity index (χ0v) is 15.5. The highest BCUT2D eigenvalue weighted by Gasteiger charge is 2.40. The standard InChI is InChI=1S/C21H32N4/c1-2-22-21(23-20-14-19(20)18-8-4-3-5-9-18)25-13-10-17(16-25)15-24-11-6-7-12-24/h3-5,8-9,17,19-20H,2,6-7,10-16H2,1H3,(H,22,23). The van der Waals surface area contributed by atoms with E-state index in [1.807, 2.05) is 0 Å². The van der Waals surface area contributed by atoms with Gasteiger partial charge in [-0.15, -0.1) is 0 Å². The summed E-state index contributed by atoms with van der Waals surface area (Å²) >= 11 is 0. The summed E-state index contributed by atoms with van der Waals surface area (Å²) in [6.07, 6.45) is 5.33. The summed E-state index contributed by atoms with van der Waals surface area (Å²) in [7, 11) is 0. The van der Waals surface area contributed by atoms with Gasteiger partial charge in [-0.05, 0) is 57.2 Å². The molecule has 25 heavy (non-hydrogen) atoms. The molecule has 2 aliphatic heterocycles. The van der Waals surface area contributed by atoms with Crippen molar-refractivity contribution in [2.45, 2.75) is 44.6 Å². The van der Waals surface area contributed by atoms with Gasteiger partial charge in [0.25, 0.3) is 0 Å². The van der Waals surface area contributed by atoms with Crippen molar-refractivity contribution in [3.8, 4) is 0 Å². The molecule has 4 heteroatoms. The molecule has 3 fully saturated rings. The van der Waals surface area contributed by atoms with E-state index in [2.05, 4.69) is 52.4 Å². The molecule has 3 unspecified atom stereocenters. The lowest BCUT2D eigenvalue weighted by Gasteiger charge is -2.24. The number of nitrogens with zero attached hydrogens (tertiary/aromatic N) is 3. The Kier molecular flexibility index (Phi) is 5.25. The summed E-state index contributed by atoms with van der Waals surface area (Å²) in [6, 6.07) is 11.5. The molecule has 4 rings (SSSR count). The average Bonchev–Trinajstić information content (AvgIpc) is 3.00. The van der Waals surface area contributed by atoms with Gasteiger partial charge >= 0.3 is 0 Å². The minimum Gasteiger partial charge on any atom is -0.353 e. The van der Waals surface area contributed by atoms with E-state index in [1.54, 1.807) is 0 Å². The van der Waals surface area contributed by atoms with Gasteiger partial charge in [-0.25, -0.2) is 0 Å².